The van der Waals surface area contributed by atoms with E-state index in [0.29, 0.717) is 0 Å². The van der Waals surface area contributed by atoms with Crippen LogP contribution < -0.4 is 4.74 Å². The lowest BCUT2D eigenvalue weighted by molar-refractivity contribution is 0.414. The Labute approximate surface area is 90.6 Å². The lowest BCUT2D eigenvalue weighted by Gasteiger charge is -2.06. The third-order valence-corrected chi connectivity index (χ3v) is 1.94. The first kappa shape index (κ1) is 11.2. The first-order valence-electron chi connectivity index (χ1n) is 4.78. The molecule has 0 fully saturated rings. The van der Waals surface area contributed by atoms with Gasteiger partial charge in [-0.1, -0.05) is 24.8 Å². The van der Waals surface area contributed by atoms with Crippen LogP contribution in [-0.4, -0.2) is 12.8 Å². The van der Waals surface area contributed by atoms with Gasteiger partial charge in [-0.25, -0.2) is 0 Å². The average Bonchev–Trinajstić information content (AvgIpc) is 2.30. The number of aliphatic imine (C=N–C) groups is 1. The Balaban J connectivity index is 3.17. The van der Waals surface area contributed by atoms with Gasteiger partial charge in [0.25, 0.3) is 0 Å². The highest BCUT2D eigenvalue weighted by Gasteiger charge is 2.04. The van der Waals surface area contributed by atoms with Crippen LogP contribution in [0.4, 0.5) is 0 Å². The van der Waals surface area contributed by atoms with Crippen molar-refractivity contribution in [3.8, 4) is 5.75 Å². The van der Waals surface area contributed by atoms with E-state index in [1.165, 1.54) is 0 Å². The highest BCUT2D eigenvalue weighted by molar-refractivity contribution is 6.10. The van der Waals surface area contributed by atoms with Crippen LogP contribution in [0.15, 0.2) is 54.2 Å². The van der Waals surface area contributed by atoms with Gasteiger partial charge in [0.15, 0.2) is 0 Å². The van der Waals surface area contributed by atoms with E-state index in [-0.39, 0.29) is 0 Å². The lowest BCUT2D eigenvalue weighted by Crippen LogP contribution is -1.99. The van der Waals surface area contributed by atoms with Crippen molar-refractivity contribution in [1.82, 2.24) is 0 Å². The summed E-state index contributed by atoms with van der Waals surface area (Å²) in [6, 6.07) is 7.75. The quantitative estimate of drug-likeness (QED) is 0.685. The summed E-state index contributed by atoms with van der Waals surface area (Å²) in [5.74, 6) is 0.806. The lowest BCUT2D eigenvalue weighted by atomic mass is 10.1. The second kappa shape index (κ2) is 5.81. The zero-order chi connectivity index (χ0) is 11.1. The first-order chi connectivity index (χ1) is 7.33. The van der Waals surface area contributed by atoms with Gasteiger partial charge < -0.3 is 4.74 Å². The molecule has 0 aliphatic heterocycles. The molecule has 0 N–H and O–H groups in total. The second-order valence-corrected chi connectivity index (χ2v) is 2.90. The number of hydrogen-bond acceptors (Lipinski definition) is 2. The van der Waals surface area contributed by atoms with Gasteiger partial charge in [0.05, 0.1) is 12.8 Å². The Morgan fingerprint density at radius 1 is 1.40 bits per heavy atom. The van der Waals surface area contributed by atoms with Crippen molar-refractivity contribution in [2.75, 3.05) is 7.11 Å². The fourth-order valence-electron chi connectivity index (χ4n) is 1.24. The molecule has 0 saturated heterocycles. The Kier molecular flexibility index (Phi) is 4.35. The van der Waals surface area contributed by atoms with Gasteiger partial charge in [0.1, 0.15) is 5.75 Å². The summed E-state index contributed by atoms with van der Waals surface area (Å²) in [7, 11) is 1.65. The molecule has 1 rings (SSSR count). The van der Waals surface area contributed by atoms with Crippen LogP contribution in [0.3, 0.4) is 0 Å². The molecule has 78 valence electrons. The minimum Gasteiger partial charge on any atom is -0.496 e. The van der Waals surface area contributed by atoms with Crippen LogP contribution in [0, 0.1) is 0 Å². The molecule has 0 spiro atoms. The molecule has 0 heterocycles. The van der Waals surface area contributed by atoms with E-state index in [2.05, 4.69) is 11.6 Å². The molecule has 0 atom stereocenters. The summed E-state index contributed by atoms with van der Waals surface area (Å²) in [6.07, 6.45) is 5.33. The molecule has 1 aromatic rings. The Hall–Kier alpha value is -1.83. The number of rotatable bonds is 4. The Bertz CT molecular complexity index is 391. The van der Waals surface area contributed by atoms with Crippen LogP contribution in [0.1, 0.15) is 12.5 Å². The summed E-state index contributed by atoms with van der Waals surface area (Å²) >= 11 is 0. The predicted molar refractivity (Wildman–Crippen MR) is 64.5 cm³/mol. The van der Waals surface area contributed by atoms with Gasteiger partial charge in [-0.15, -0.1) is 0 Å². The number of nitrogens with zero attached hydrogens (tertiary/aromatic N) is 1. The van der Waals surface area contributed by atoms with Gasteiger partial charge >= 0.3 is 0 Å². The van der Waals surface area contributed by atoms with Gasteiger partial charge in [0, 0.05) is 11.8 Å². The molecule has 0 bridgehead atoms. The molecule has 0 amide bonds. The van der Waals surface area contributed by atoms with Crippen LogP contribution in [-0.2, 0) is 0 Å². The highest BCUT2D eigenvalue weighted by Crippen LogP contribution is 2.18. The molecule has 0 unspecified atom stereocenters. The maximum atomic E-state index is 5.26. The number of hydrogen-bond donors (Lipinski definition) is 0. The molecule has 0 saturated carbocycles. The standard InChI is InChI=1S/C13H15NO/c1-4-10-14-12(5-2)11-8-6-7-9-13(11)15-3/h4-10H,2H2,1,3H3/b10-4-,14-12?. The molecular weight excluding hydrogens is 186 g/mol. The summed E-state index contributed by atoms with van der Waals surface area (Å²) in [6.45, 7) is 5.67. The summed E-state index contributed by atoms with van der Waals surface area (Å²) in [4.78, 5) is 4.28. The summed E-state index contributed by atoms with van der Waals surface area (Å²) in [5.41, 5.74) is 1.76. The minimum atomic E-state index is 0.806. The van der Waals surface area contributed by atoms with Gasteiger partial charge in [-0.2, -0.15) is 0 Å². The summed E-state index contributed by atoms with van der Waals surface area (Å²) in [5, 5.41) is 0. The molecule has 0 radical (unpaired) electrons. The van der Waals surface area contributed by atoms with Crippen LogP contribution in [0.5, 0.6) is 5.75 Å². The zero-order valence-electron chi connectivity index (χ0n) is 9.10. The molecule has 0 aliphatic carbocycles. The Morgan fingerprint density at radius 2 is 2.13 bits per heavy atom. The molecule has 0 aromatic heterocycles. The molecular formula is C13H15NO. The average molecular weight is 201 g/mol. The zero-order valence-corrected chi connectivity index (χ0v) is 9.10. The van der Waals surface area contributed by atoms with Crippen molar-refractivity contribution in [2.45, 2.75) is 6.92 Å². The van der Waals surface area contributed by atoms with E-state index >= 15 is 0 Å². The fourth-order valence-corrected chi connectivity index (χ4v) is 1.24. The molecule has 2 heteroatoms. The molecule has 0 aliphatic rings. The van der Waals surface area contributed by atoms with Crippen molar-refractivity contribution < 1.29 is 4.74 Å². The maximum Gasteiger partial charge on any atom is 0.128 e. The number of allylic oxidation sites excluding steroid dienone is 2. The van der Waals surface area contributed by atoms with Crippen molar-refractivity contribution in [2.24, 2.45) is 4.99 Å². The van der Waals surface area contributed by atoms with Crippen molar-refractivity contribution >= 4 is 5.71 Å². The highest BCUT2D eigenvalue weighted by atomic mass is 16.5. The topological polar surface area (TPSA) is 21.6 Å². The van der Waals surface area contributed by atoms with E-state index in [0.717, 1.165) is 17.0 Å². The summed E-state index contributed by atoms with van der Waals surface area (Å²) < 4.78 is 5.26. The normalized spacial score (nSPS) is 11.7. The number of para-hydroxylation sites is 1. The van der Waals surface area contributed by atoms with E-state index < -0.39 is 0 Å². The maximum absolute atomic E-state index is 5.26. The van der Waals surface area contributed by atoms with Crippen LogP contribution in [0.2, 0.25) is 0 Å². The SMILES string of the molecule is C=CC(=N/C=C\C)c1ccccc1OC. The van der Waals surface area contributed by atoms with Crippen molar-refractivity contribution in [1.29, 1.82) is 0 Å². The largest absolute Gasteiger partial charge is 0.496 e. The van der Waals surface area contributed by atoms with Gasteiger partial charge in [0.2, 0.25) is 0 Å². The molecule has 15 heavy (non-hydrogen) atoms. The third-order valence-electron chi connectivity index (χ3n) is 1.94. The smallest absolute Gasteiger partial charge is 0.128 e. The minimum absolute atomic E-state index is 0.806. The molecule has 2 nitrogen and oxygen atoms in total. The van der Waals surface area contributed by atoms with Crippen LogP contribution >= 0.6 is 0 Å². The predicted octanol–water partition coefficient (Wildman–Crippen LogP) is 3.20. The third kappa shape index (κ3) is 2.81. The number of methoxy groups -OCH3 is 1. The second-order valence-electron chi connectivity index (χ2n) is 2.90. The van der Waals surface area contributed by atoms with Crippen molar-refractivity contribution in [3.05, 3.63) is 54.8 Å². The van der Waals surface area contributed by atoms with E-state index in [4.69, 9.17) is 4.74 Å². The monoisotopic (exact) mass is 201 g/mol. The van der Waals surface area contributed by atoms with E-state index in [9.17, 15) is 0 Å². The first-order valence-corrected chi connectivity index (χ1v) is 4.78. The molecule has 1 aromatic carbocycles. The van der Waals surface area contributed by atoms with Gasteiger partial charge in [-0.05, 0) is 25.1 Å². The van der Waals surface area contributed by atoms with Gasteiger partial charge in [-0.3, -0.25) is 4.99 Å². The van der Waals surface area contributed by atoms with E-state index in [1.54, 1.807) is 19.4 Å². The van der Waals surface area contributed by atoms with E-state index in [1.807, 2.05) is 37.3 Å². The number of ether oxygens (including phenoxy) is 1. The number of benzene rings is 1. The van der Waals surface area contributed by atoms with Crippen molar-refractivity contribution in [3.63, 3.8) is 0 Å². The fraction of sp³-hybridized carbons (Fsp3) is 0.154. The Morgan fingerprint density at radius 3 is 2.73 bits per heavy atom. The van der Waals surface area contributed by atoms with Crippen LogP contribution in [0.25, 0.3) is 0 Å².